The normalized spacial score (nSPS) is 12.2. The predicted octanol–water partition coefficient (Wildman–Crippen LogP) is 5.29. The number of fused-ring (bicyclic) bond motifs is 2. The van der Waals surface area contributed by atoms with Crippen LogP contribution in [-0.2, 0) is 0 Å². The van der Waals surface area contributed by atoms with Gasteiger partial charge in [-0.05, 0) is 55.8 Å². The number of hydrogen-bond donors (Lipinski definition) is 2. The van der Waals surface area contributed by atoms with Crippen molar-refractivity contribution < 1.29 is 14.3 Å². The molecule has 7 heteroatoms. The Bertz CT molecular complexity index is 1580. The summed E-state index contributed by atoms with van der Waals surface area (Å²) < 4.78 is 8.03. The van der Waals surface area contributed by atoms with E-state index >= 15 is 0 Å². The summed E-state index contributed by atoms with van der Waals surface area (Å²) in [6, 6.07) is 17.3. The van der Waals surface area contributed by atoms with E-state index in [0.717, 1.165) is 22.2 Å². The van der Waals surface area contributed by atoms with Gasteiger partial charge >= 0.3 is 5.97 Å². The lowest BCUT2D eigenvalue weighted by atomic mass is 10.00. The van der Waals surface area contributed by atoms with Crippen molar-refractivity contribution in [2.75, 3.05) is 5.32 Å². The molecule has 0 saturated heterocycles. The van der Waals surface area contributed by atoms with Crippen LogP contribution in [0.5, 0.6) is 0 Å². The first-order chi connectivity index (χ1) is 15.9. The van der Waals surface area contributed by atoms with Crippen molar-refractivity contribution in [1.29, 1.82) is 0 Å². The average molecular weight is 439 g/mol. The molecule has 0 amide bonds. The van der Waals surface area contributed by atoms with Crippen molar-refractivity contribution in [1.82, 2.24) is 9.61 Å². The second kappa shape index (κ2) is 7.94. The van der Waals surface area contributed by atoms with Crippen LogP contribution in [0.25, 0.3) is 27.8 Å². The quantitative estimate of drug-likeness (QED) is 0.386. The number of carbonyl (C=O) groups is 1. The minimum Gasteiger partial charge on any atom is -0.478 e. The number of rotatable bonds is 5. The zero-order valence-corrected chi connectivity index (χ0v) is 18.1. The van der Waals surface area contributed by atoms with E-state index in [4.69, 9.17) is 4.42 Å². The number of anilines is 1. The summed E-state index contributed by atoms with van der Waals surface area (Å²) in [5, 5.41) is 17.5. The summed E-state index contributed by atoms with van der Waals surface area (Å²) >= 11 is 0. The first kappa shape index (κ1) is 20.5. The highest BCUT2D eigenvalue weighted by Gasteiger charge is 2.18. The topological polar surface area (TPSA) is 96.8 Å². The van der Waals surface area contributed by atoms with Crippen molar-refractivity contribution in [3.63, 3.8) is 0 Å². The van der Waals surface area contributed by atoms with Crippen molar-refractivity contribution >= 4 is 28.1 Å². The highest BCUT2D eigenvalue weighted by atomic mass is 16.4. The van der Waals surface area contributed by atoms with Crippen molar-refractivity contribution in [2.24, 2.45) is 0 Å². The van der Waals surface area contributed by atoms with Gasteiger partial charge < -0.3 is 14.8 Å². The Kier molecular flexibility index (Phi) is 4.94. The van der Waals surface area contributed by atoms with Crippen LogP contribution in [0.4, 0.5) is 5.69 Å². The number of pyridine rings is 1. The Hall–Kier alpha value is -4.39. The number of nitrogens with one attached hydrogen (secondary N) is 1. The van der Waals surface area contributed by atoms with Crippen molar-refractivity contribution in [2.45, 2.75) is 19.9 Å². The third kappa shape index (κ3) is 3.74. The molecular formula is C26H21N3O4. The van der Waals surface area contributed by atoms with Gasteiger partial charge in [0.15, 0.2) is 5.43 Å². The molecule has 0 aliphatic heterocycles. The molecule has 0 radical (unpaired) electrons. The molecule has 1 unspecified atom stereocenters. The van der Waals surface area contributed by atoms with Crippen molar-refractivity contribution in [3.05, 3.63) is 100.0 Å². The molecule has 5 rings (SSSR count). The summed E-state index contributed by atoms with van der Waals surface area (Å²) in [7, 11) is 0. The van der Waals surface area contributed by atoms with E-state index in [1.165, 1.54) is 6.07 Å². The fourth-order valence-electron chi connectivity index (χ4n) is 4.08. The fraction of sp³-hybridized carbons (Fsp3) is 0.115. The third-order valence-corrected chi connectivity index (χ3v) is 5.68. The smallest absolute Gasteiger partial charge is 0.337 e. The molecule has 33 heavy (non-hydrogen) atoms. The van der Waals surface area contributed by atoms with Gasteiger partial charge in [0.25, 0.3) is 0 Å². The van der Waals surface area contributed by atoms with Gasteiger partial charge in [0, 0.05) is 35.3 Å². The van der Waals surface area contributed by atoms with Gasteiger partial charge in [0.2, 0.25) is 0 Å². The van der Waals surface area contributed by atoms with E-state index in [1.807, 2.05) is 50.4 Å². The summed E-state index contributed by atoms with van der Waals surface area (Å²) in [5.41, 5.74) is 4.36. The van der Waals surface area contributed by atoms with Crippen LogP contribution < -0.4 is 10.7 Å². The van der Waals surface area contributed by atoms with Gasteiger partial charge in [-0.2, -0.15) is 5.10 Å². The lowest BCUT2D eigenvalue weighted by molar-refractivity contribution is 0.0698. The van der Waals surface area contributed by atoms with Gasteiger partial charge in [-0.15, -0.1) is 0 Å². The lowest BCUT2D eigenvalue weighted by Crippen LogP contribution is -2.12. The molecular weight excluding hydrogens is 418 g/mol. The number of benzene rings is 2. The first-order valence-electron chi connectivity index (χ1n) is 10.5. The lowest BCUT2D eigenvalue weighted by Gasteiger charge is -2.19. The Morgan fingerprint density at radius 3 is 2.76 bits per heavy atom. The largest absolute Gasteiger partial charge is 0.478 e. The van der Waals surface area contributed by atoms with Crippen LogP contribution in [0.2, 0.25) is 0 Å². The Labute approximate surface area is 188 Å². The van der Waals surface area contributed by atoms with Gasteiger partial charge in [-0.1, -0.05) is 18.2 Å². The van der Waals surface area contributed by atoms with E-state index in [1.54, 1.807) is 35.0 Å². The second-order valence-electron chi connectivity index (χ2n) is 8.04. The van der Waals surface area contributed by atoms with E-state index in [9.17, 15) is 14.7 Å². The van der Waals surface area contributed by atoms with Gasteiger partial charge in [0.05, 0.1) is 22.5 Å². The second-order valence-corrected chi connectivity index (χ2v) is 8.04. The Morgan fingerprint density at radius 2 is 1.94 bits per heavy atom. The first-order valence-corrected chi connectivity index (χ1v) is 10.5. The summed E-state index contributed by atoms with van der Waals surface area (Å²) in [6.07, 6.45) is 3.52. The van der Waals surface area contributed by atoms with Crippen LogP contribution in [-0.4, -0.2) is 20.7 Å². The Morgan fingerprint density at radius 1 is 1.12 bits per heavy atom. The zero-order valence-electron chi connectivity index (χ0n) is 18.1. The number of hydrogen-bond acceptors (Lipinski definition) is 5. The molecule has 164 valence electrons. The number of aromatic carboxylic acids is 1. The van der Waals surface area contributed by atoms with Crippen molar-refractivity contribution in [3.8, 4) is 11.3 Å². The fourth-order valence-corrected chi connectivity index (χ4v) is 4.08. The third-order valence-electron chi connectivity index (χ3n) is 5.68. The van der Waals surface area contributed by atoms with E-state index in [0.29, 0.717) is 22.4 Å². The molecule has 7 nitrogen and oxygen atoms in total. The van der Waals surface area contributed by atoms with E-state index < -0.39 is 5.97 Å². The molecule has 2 aromatic carbocycles. The molecule has 2 N–H and O–H groups in total. The number of para-hydroxylation sites is 1. The number of carboxylic acids is 1. The minimum atomic E-state index is -1.01. The molecule has 5 aromatic rings. The Balaban J connectivity index is 1.64. The number of aromatic nitrogens is 2. The zero-order chi connectivity index (χ0) is 23.1. The summed E-state index contributed by atoms with van der Waals surface area (Å²) in [5.74, 6) is -0.553. The minimum absolute atomic E-state index is 0.136. The highest BCUT2D eigenvalue weighted by Crippen LogP contribution is 2.31. The van der Waals surface area contributed by atoms with Gasteiger partial charge in [-0.3, -0.25) is 4.79 Å². The molecule has 3 aromatic heterocycles. The molecule has 3 heterocycles. The van der Waals surface area contributed by atoms with E-state index in [2.05, 4.69) is 10.4 Å². The molecule has 0 aliphatic rings. The molecule has 1 atom stereocenters. The number of carboxylic acid groups (broad SMARTS) is 1. The SMILES string of the molecule is Cc1cc(C(C)Nc2ccccc2C(=O)O)c2oc(-c3ccn4nccc4c3)cc(=O)c2c1. The molecule has 0 spiro atoms. The van der Waals surface area contributed by atoms with Gasteiger partial charge in [0.1, 0.15) is 11.3 Å². The van der Waals surface area contributed by atoms with Crippen LogP contribution in [0, 0.1) is 6.92 Å². The molecule has 0 fully saturated rings. The van der Waals surface area contributed by atoms with Crippen LogP contribution in [0.15, 0.2) is 82.3 Å². The summed E-state index contributed by atoms with van der Waals surface area (Å²) in [6.45, 7) is 3.83. The maximum atomic E-state index is 13.0. The van der Waals surface area contributed by atoms with Crippen LogP contribution >= 0.6 is 0 Å². The number of aryl methyl sites for hydroxylation is 1. The highest BCUT2D eigenvalue weighted by molar-refractivity contribution is 5.94. The standard InChI is InChI=1S/C26H21N3O4/c1-15-11-20(16(2)28-22-6-4-3-5-19(22)26(31)32)25-21(12-15)23(30)14-24(33-25)17-8-10-29-18(13-17)7-9-27-29/h3-14,16,28H,1-2H3,(H,31,32). The predicted molar refractivity (Wildman–Crippen MR) is 127 cm³/mol. The molecule has 0 saturated carbocycles. The van der Waals surface area contributed by atoms with Crippen LogP contribution in [0.1, 0.15) is 34.5 Å². The monoisotopic (exact) mass is 439 g/mol. The molecule has 0 bridgehead atoms. The maximum Gasteiger partial charge on any atom is 0.337 e. The van der Waals surface area contributed by atoms with Crippen LogP contribution in [0.3, 0.4) is 0 Å². The summed E-state index contributed by atoms with van der Waals surface area (Å²) in [4.78, 5) is 24.7. The van der Waals surface area contributed by atoms with E-state index in [-0.39, 0.29) is 17.0 Å². The maximum absolute atomic E-state index is 13.0. The number of nitrogens with zero attached hydrogens (tertiary/aromatic N) is 2. The van der Waals surface area contributed by atoms with Gasteiger partial charge in [-0.25, -0.2) is 9.31 Å². The molecule has 0 aliphatic carbocycles. The average Bonchev–Trinajstić information content (AvgIpc) is 3.27.